The van der Waals surface area contributed by atoms with Gasteiger partial charge in [-0.1, -0.05) is 36.4 Å². The normalized spacial score (nSPS) is 16.1. The molecule has 4 aromatic rings. The van der Waals surface area contributed by atoms with Gasteiger partial charge in [0, 0.05) is 24.4 Å². The van der Waals surface area contributed by atoms with Gasteiger partial charge >= 0.3 is 0 Å². The van der Waals surface area contributed by atoms with Crippen LogP contribution in [0.3, 0.4) is 0 Å². The average molecular weight is 580 g/mol. The number of methoxy groups -OCH3 is 1. The van der Waals surface area contributed by atoms with E-state index in [1.165, 1.54) is 9.18 Å². The van der Waals surface area contributed by atoms with Gasteiger partial charge in [0.1, 0.15) is 6.04 Å². The topological polar surface area (TPSA) is 97.8 Å². The first-order valence-corrected chi connectivity index (χ1v) is 15.7. The van der Waals surface area contributed by atoms with Gasteiger partial charge in [-0.05, 0) is 66.8 Å². The van der Waals surface area contributed by atoms with Crippen molar-refractivity contribution >= 4 is 38.0 Å². The number of carbonyl (C=O) groups excluding carboxylic acids is 1. The lowest BCUT2D eigenvalue weighted by Gasteiger charge is -2.29. The van der Waals surface area contributed by atoms with E-state index < -0.39 is 16.1 Å². The van der Waals surface area contributed by atoms with E-state index in [4.69, 9.17) is 9.47 Å². The van der Waals surface area contributed by atoms with Crippen molar-refractivity contribution in [2.45, 2.75) is 50.1 Å². The van der Waals surface area contributed by atoms with Crippen LogP contribution < -0.4 is 14.8 Å². The summed E-state index contributed by atoms with van der Waals surface area (Å²) < 4.78 is 41.2. The van der Waals surface area contributed by atoms with Crippen molar-refractivity contribution < 1.29 is 22.7 Å². The van der Waals surface area contributed by atoms with E-state index in [2.05, 4.69) is 10.3 Å². The molecule has 1 aromatic heterocycles. The summed E-state index contributed by atoms with van der Waals surface area (Å²) in [6.07, 6.45) is 2.75. The van der Waals surface area contributed by atoms with Gasteiger partial charge < -0.3 is 14.8 Å². The first-order valence-electron chi connectivity index (χ1n) is 13.3. The van der Waals surface area contributed by atoms with Crippen LogP contribution in [0.2, 0.25) is 0 Å². The summed E-state index contributed by atoms with van der Waals surface area (Å²) >= 11 is 1.60. The largest absolute Gasteiger partial charge is 0.493 e. The van der Waals surface area contributed by atoms with E-state index in [9.17, 15) is 13.2 Å². The Morgan fingerprint density at radius 3 is 2.65 bits per heavy atom. The van der Waals surface area contributed by atoms with Crippen LogP contribution in [-0.2, 0) is 27.8 Å². The number of nitrogens with one attached hydrogen (secondary N) is 1. The van der Waals surface area contributed by atoms with Crippen molar-refractivity contribution in [1.29, 1.82) is 0 Å². The quantitative estimate of drug-likeness (QED) is 0.281. The lowest BCUT2D eigenvalue weighted by molar-refractivity contribution is -0.124. The second-order valence-corrected chi connectivity index (χ2v) is 12.6. The zero-order valence-corrected chi connectivity index (χ0v) is 24.3. The summed E-state index contributed by atoms with van der Waals surface area (Å²) in [6, 6.07) is 17.3. The molecule has 0 unspecified atom stereocenters. The molecule has 2 heterocycles. The molecule has 1 N–H and O–H groups in total. The van der Waals surface area contributed by atoms with Crippen molar-refractivity contribution in [3.05, 3.63) is 82.3 Å². The summed E-state index contributed by atoms with van der Waals surface area (Å²) in [6.45, 7) is 3.00. The SMILES string of the molecule is COc1cc(CN([C@H]2CCCCNC2=O)S(=O)(=O)c2ccc3ccccc3c2)ccc1OCCc1scnc1C. The van der Waals surface area contributed by atoms with Crippen LogP contribution in [0, 0.1) is 6.92 Å². The second kappa shape index (κ2) is 12.4. The molecule has 40 heavy (non-hydrogen) atoms. The molecule has 1 aliphatic rings. The van der Waals surface area contributed by atoms with Gasteiger partial charge in [0.15, 0.2) is 11.5 Å². The Hall–Kier alpha value is -3.47. The van der Waals surface area contributed by atoms with E-state index >= 15 is 0 Å². The molecular weight excluding hydrogens is 546 g/mol. The molecule has 3 aromatic carbocycles. The summed E-state index contributed by atoms with van der Waals surface area (Å²) in [7, 11) is -2.46. The molecule has 5 rings (SSSR count). The molecule has 0 aliphatic carbocycles. The molecule has 0 saturated carbocycles. The monoisotopic (exact) mass is 579 g/mol. The van der Waals surface area contributed by atoms with Crippen LogP contribution in [0.25, 0.3) is 10.8 Å². The number of hydrogen-bond donors (Lipinski definition) is 1. The predicted octanol–water partition coefficient (Wildman–Crippen LogP) is 5.09. The maximum atomic E-state index is 14.1. The molecule has 1 amide bonds. The number of nitrogens with zero attached hydrogens (tertiary/aromatic N) is 2. The number of aryl methyl sites for hydroxylation is 1. The first-order chi connectivity index (χ1) is 19.4. The van der Waals surface area contributed by atoms with Crippen LogP contribution >= 0.6 is 11.3 Å². The number of aromatic nitrogens is 1. The fourth-order valence-corrected chi connectivity index (χ4v) is 7.36. The van der Waals surface area contributed by atoms with E-state index in [0.29, 0.717) is 36.6 Å². The minimum Gasteiger partial charge on any atom is -0.493 e. The minimum absolute atomic E-state index is 0.0178. The highest BCUT2D eigenvalue weighted by Gasteiger charge is 2.36. The maximum absolute atomic E-state index is 14.1. The van der Waals surface area contributed by atoms with Gasteiger partial charge in [0.2, 0.25) is 15.9 Å². The van der Waals surface area contributed by atoms with E-state index in [1.807, 2.05) is 42.8 Å². The third-order valence-corrected chi connectivity index (χ3v) is 10.0. The maximum Gasteiger partial charge on any atom is 0.244 e. The van der Waals surface area contributed by atoms with E-state index in [1.54, 1.807) is 48.8 Å². The average Bonchev–Trinajstić information content (AvgIpc) is 3.25. The molecule has 1 saturated heterocycles. The highest BCUT2D eigenvalue weighted by atomic mass is 32.2. The summed E-state index contributed by atoms with van der Waals surface area (Å²) in [5, 5.41) is 4.67. The number of sulfonamides is 1. The Kier molecular flexibility index (Phi) is 8.68. The van der Waals surface area contributed by atoms with Gasteiger partial charge in [-0.2, -0.15) is 4.31 Å². The number of hydrogen-bond acceptors (Lipinski definition) is 7. The Balaban J connectivity index is 1.43. The van der Waals surface area contributed by atoms with Crippen molar-refractivity contribution in [1.82, 2.24) is 14.6 Å². The summed E-state index contributed by atoms with van der Waals surface area (Å²) in [5.41, 5.74) is 3.53. The number of rotatable bonds is 10. The Bertz CT molecular complexity index is 1600. The molecule has 0 radical (unpaired) electrons. The molecule has 1 atom stereocenters. The standard InChI is InChI=1S/C30H33N3O5S2/c1-21-29(39-20-32-21)14-16-38-27-13-10-22(17-28(27)37-2)19-33(26-9-5-6-15-31-30(26)34)40(35,36)25-12-11-23-7-3-4-8-24(23)18-25/h3-4,7-8,10-13,17-18,20,26H,5-6,9,14-16,19H2,1-2H3,(H,31,34)/t26-/m0/s1. The Labute approximate surface area is 239 Å². The van der Waals surface area contributed by atoms with Gasteiger partial charge in [0.05, 0.1) is 29.8 Å². The summed E-state index contributed by atoms with van der Waals surface area (Å²) in [4.78, 5) is 18.7. The Morgan fingerprint density at radius 1 is 1.05 bits per heavy atom. The van der Waals surface area contributed by atoms with Crippen LogP contribution in [0.4, 0.5) is 0 Å². The lowest BCUT2D eigenvalue weighted by Crippen LogP contribution is -2.48. The number of carbonyl (C=O) groups is 1. The minimum atomic E-state index is -4.02. The predicted molar refractivity (Wildman–Crippen MR) is 156 cm³/mol. The van der Waals surface area contributed by atoms with Crippen LogP contribution in [0.1, 0.15) is 35.4 Å². The molecule has 0 bridgehead atoms. The highest BCUT2D eigenvalue weighted by molar-refractivity contribution is 7.89. The third-order valence-electron chi connectivity index (χ3n) is 7.18. The fraction of sp³-hybridized carbons (Fsp3) is 0.333. The molecule has 10 heteroatoms. The molecule has 1 fully saturated rings. The number of ether oxygens (including phenoxy) is 2. The molecular formula is C30H33N3O5S2. The second-order valence-electron chi connectivity index (χ2n) is 9.81. The van der Waals surface area contributed by atoms with Gasteiger partial charge in [-0.3, -0.25) is 4.79 Å². The van der Waals surface area contributed by atoms with Crippen LogP contribution in [-0.4, -0.2) is 49.9 Å². The molecule has 8 nitrogen and oxygen atoms in total. The number of amides is 1. The van der Waals surface area contributed by atoms with Crippen molar-refractivity contribution in [3.8, 4) is 11.5 Å². The van der Waals surface area contributed by atoms with Crippen molar-refractivity contribution in [2.75, 3.05) is 20.3 Å². The number of thiazole rings is 1. The zero-order chi connectivity index (χ0) is 28.1. The van der Waals surface area contributed by atoms with Gasteiger partial charge in [-0.15, -0.1) is 11.3 Å². The first kappa shape index (κ1) is 28.1. The van der Waals surface area contributed by atoms with Crippen LogP contribution in [0.5, 0.6) is 11.5 Å². The highest BCUT2D eigenvalue weighted by Crippen LogP contribution is 2.32. The van der Waals surface area contributed by atoms with E-state index in [0.717, 1.165) is 35.7 Å². The van der Waals surface area contributed by atoms with Gasteiger partial charge in [-0.25, -0.2) is 13.4 Å². The van der Waals surface area contributed by atoms with Crippen LogP contribution in [0.15, 0.2) is 71.1 Å². The van der Waals surface area contributed by atoms with Gasteiger partial charge in [0.25, 0.3) is 0 Å². The molecule has 1 aliphatic heterocycles. The molecule has 210 valence electrons. The lowest BCUT2D eigenvalue weighted by atomic mass is 10.1. The number of fused-ring (bicyclic) bond motifs is 1. The third kappa shape index (κ3) is 6.14. The summed E-state index contributed by atoms with van der Waals surface area (Å²) in [5.74, 6) is 0.809. The molecule has 0 spiro atoms. The smallest absolute Gasteiger partial charge is 0.244 e. The number of benzene rings is 3. The van der Waals surface area contributed by atoms with Crippen molar-refractivity contribution in [2.24, 2.45) is 0 Å². The zero-order valence-electron chi connectivity index (χ0n) is 22.6. The fourth-order valence-electron chi connectivity index (χ4n) is 4.95. The Morgan fingerprint density at radius 2 is 1.88 bits per heavy atom. The van der Waals surface area contributed by atoms with E-state index in [-0.39, 0.29) is 17.3 Å². The van der Waals surface area contributed by atoms with Crippen molar-refractivity contribution in [3.63, 3.8) is 0 Å².